The lowest BCUT2D eigenvalue weighted by Crippen LogP contribution is -2.38. The van der Waals surface area contributed by atoms with E-state index in [1.54, 1.807) is 18.2 Å². The molecule has 0 bridgehead atoms. The molecule has 6 heteroatoms. The van der Waals surface area contributed by atoms with Crippen LogP contribution in [0, 0.1) is 0 Å². The molecule has 108 valence electrons. The van der Waals surface area contributed by atoms with Crippen LogP contribution in [0.2, 0.25) is 0 Å². The topological polar surface area (TPSA) is 112 Å². The Balaban J connectivity index is 2.67. The van der Waals surface area contributed by atoms with Crippen molar-refractivity contribution in [2.45, 2.75) is 11.8 Å². The molecule has 3 N–H and O–H groups in total. The van der Waals surface area contributed by atoms with Crippen molar-refractivity contribution in [2.24, 2.45) is 0 Å². The fourth-order valence-electron chi connectivity index (χ4n) is 2.34. The molecule has 0 radical (unpaired) electrons. The maximum atomic E-state index is 11.8. The van der Waals surface area contributed by atoms with Gasteiger partial charge < -0.3 is 15.3 Å². The van der Waals surface area contributed by atoms with Crippen molar-refractivity contribution in [1.29, 1.82) is 0 Å². The van der Waals surface area contributed by atoms with E-state index in [1.165, 1.54) is 12.1 Å². The lowest BCUT2D eigenvalue weighted by molar-refractivity contribution is -0.142. The molecule has 0 saturated heterocycles. The zero-order valence-electron chi connectivity index (χ0n) is 10.8. The fourth-order valence-corrected chi connectivity index (χ4v) is 2.34. The van der Waals surface area contributed by atoms with Gasteiger partial charge in [-0.2, -0.15) is 0 Å². The Kier molecular flexibility index (Phi) is 3.62. The van der Waals surface area contributed by atoms with E-state index in [-0.39, 0.29) is 17.6 Å². The molecule has 1 aliphatic rings. The second-order valence-corrected chi connectivity index (χ2v) is 4.70. The largest absolute Gasteiger partial charge is 0.480 e. The van der Waals surface area contributed by atoms with Crippen molar-refractivity contribution >= 4 is 17.9 Å². The first kappa shape index (κ1) is 14.5. The monoisotopic (exact) mass is 288 g/mol. The predicted octanol–water partition coefficient (Wildman–Crippen LogP) is 1.43. The van der Waals surface area contributed by atoms with Gasteiger partial charge in [0.2, 0.25) is 0 Å². The Bertz CT molecular complexity index is 671. The van der Waals surface area contributed by atoms with E-state index < -0.39 is 23.3 Å². The SMILES string of the molecule is O=C(O)C1=CC(C(=O)O)(c2ccccc2)CC(C(=O)O)=C1. The first-order chi connectivity index (χ1) is 9.86. The number of hydrogen-bond acceptors (Lipinski definition) is 3. The Labute approximate surface area is 119 Å². The molecule has 2 rings (SSSR count). The summed E-state index contributed by atoms with van der Waals surface area (Å²) in [6.45, 7) is 0. The van der Waals surface area contributed by atoms with Crippen LogP contribution in [0.15, 0.2) is 53.6 Å². The summed E-state index contributed by atoms with van der Waals surface area (Å²) in [5.41, 5.74) is -1.95. The van der Waals surface area contributed by atoms with E-state index in [1.807, 2.05) is 0 Å². The van der Waals surface area contributed by atoms with Gasteiger partial charge in [0.25, 0.3) is 0 Å². The predicted molar refractivity (Wildman–Crippen MR) is 71.8 cm³/mol. The molecule has 21 heavy (non-hydrogen) atoms. The van der Waals surface area contributed by atoms with Crippen LogP contribution in [0.25, 0.3) is 0 Å². The van der Waals surface area contributed by atoms with E-state index in [0.717, 1.165) is 12.2 Å². The maximum Gasteiger partial charge on any atom is 0.335 e. The smallest absolute Gasteiger partial charge is 0.335 e. The minimum Gasteiger partial charge on any atom is -0.480 e. The van der Waals surface area contributed by atoms with Gasteiger partial charge in [-0.1, -0.05) is 30.3 Å². The molecule has 0 fully saturated rings. The number of benzene rings is 1. The second-order valence-electron chi connectivity index (χ2n) is 4.70. The molecule has 0 saturated carbocycles. The average Bonchev–Trinajstić information content (AvgIpc) is 2.47. The van der Waals surface area contributed by atoms with Crippen LogP contribution in [0.4, 0.5) is 0 Å². The van der Waals surface area contributed by atoms with Crippen molar-refractivity contribution in [3.05, 3.63) is 59.2 Å². The van der Waals surface area contributed by atoms with Crippen molar-refractivity contribution in [3.8, 4) is 0 Å². The highest BCUT2D eigenvalue weighted by atomic mass is 16.4. The summed E-state index contributed by atoms with van der Waals surface area (Å²) < 4.78 is 0. The third-order valence-electron chi connectivity index (χ3n) is 3.39. The lowest BCUT2D eigenvalue weighted by atomic mass is 9.71. The van der Waals surface area contributed by atoms with Crippen molar-refractivity contribution in [1.82, 2.24) is 0 Å². The van der Waals surface area contributed by atoms with Crippen LogP contribution in [-0.2, 0) is 19.8 Å². The normalized spacial score (nSPS) is 21.1. The molecule has 0 aliphatic heterocycles. The number of carbonyl (C=O) groups is 3. The van der Waals surface area contributed by atoms with Gasteiger partial charge in [0.05, 0.1) is 5.57 Å². The van der Waals surface area contributed by atoms with Crippen molar-refractivity contribution in [2.75, 3.05) is 0 Å². The number of aliphatic carboxylic acids is 3. The van der Waals surface area contributed by atoms with E-state index in [2.05, 4.69) is 0 Å². The summed E-state index contributed by atoms with van der Waals surface area (Å²) in [5, 5.41) is 27.8. The van der Waals surface area contributed by atoms with E-state index >= 15 is 0 Å². The number of hydrogen-bond donors (Lipinski definition) is 3. The molecule has 6 nitrogen and oxygen atoms in total. The second kappa shape index (κ2) is 5.24. The summed E-state index contributed by atoms with van der Waals surface area (Å²) >= 11 is 0. The molecule has 1 aromatic carbocycles. The minimum atomic E-state index is -1.70. The van der Waals surface area contributed by atoms with Crippen molar-refractivity contribution in [3.63, 3.8) is 0 Å². The Morgan fingerprint density at radius 1 is 0.952 bits per heavy atom. The van der Waals surface area contributed by atoms with Gasteiger partial charge in [-0.25, -0.2) is 9.59 Å². The van der Waals surface area contributed by atoms with Crippen LogP contribution < -0.4 is 0 Å². The molecule has 1 aliphatic carbocycles. The Hall–Kier alpha value is -2.89. The highest BCUT2D eigenvalue weighted by molar-refractivity contribution is 6.00. The molecule has 0 aromatic heterocycles. The lowest BCUT2D eigenvalue weighted by Gasteiger charge is -2.30. The molecule has 0 heterocycles. The third kappa shape index (κ3) is 2.55. The quantitative estimate of drug-likeness (QED) is 0.772. The summed E-state index contributed by atoms with van der Waals surface area (Å²) in [5.74, 6) is -3.99. The van der Waals surface area contributed by atoms with Crippen LogP contribution in [0.3, 0.4) is 0 Å². The van der Waals surface area contributed by atoms with Crippen LogP contribution in [0.5, 0.6) is 0 Å². The highest BCUT2D eigenvalue weighted by Crippen LogP contribution is 2.38. The molecular formula is C15H12O6. The zero-order valence-corrected chi connectivity index (χ0v) is 10.8. The van der Waals surface area contributed by atoms with E-state index in [4.69, 9.17) is 10.2 Å². The van der Waals surface area contributed by atoms with Gasteiger partial charge in [0.1, 0.15) is 5.41 Å². The molecule has 1 atom stereocenters. The Morgan fingerprint density at radius 2 is 1.57 bits per heavy atom. The maximum absolute atomic E-state index is 11.8. The standard InChI is InChI=1S/C15H12O6/c16-12(17)9-6-10(13(18)19)8-15(7-9,14(20)21)11-4-2-1-3-5-11/h1-7H,8H2,(H,16,17)(H,18,19)(H,20,21). The van der Waals surface area contributed by atoms with Gasteiger partial charge in [0, 0.05) is 12.0 Å². The number of carboxylic acid groups (broad SMARTS) is 3. The average molecular weight is 288 g/mol. The van der Waals surface area contributed by atoms with Crippen LogP contribution >= 0.6 is 0 Å². The molecular weight excluding hydrogens is 276 g/mol. The van der Waals surface area contributed by atoms with Gasteiger partial charge in [-0.15, -0.1) is 0 Å². The molecule has 0 amide bonds. The van der Waals surface area contributed by atoms with Crippen molar-refractivity contribution < 1.29 is 29.7 Å². The fraction of sp³-hybridized carbons (Fsp3) is 0.133. The highest BCUT2D eigenvalue weighted by Gasteiger charge is 2.43. The van der Waals surface area contributed by atoms with Gasteiger partial charge >= 0.3 is 17.9 Å². The zero-order chi connectivity index (χ0) is 15.6. The number of rotatable bonds is 4. The summed E-state index contributed by atoms with van der Waals surface area (Å²) in [7, 11) is 0. The summed E-state index contributed by atoms with van der Waals surface area (Å²) in [6, 6.07) is 8.00. The Morgan fingerprint density at radius 3 is 2.05 bits per heavy atom. The third-order valence-corrected chi connectivity index (χ3v) is 3.39. The molecule has 0 spiro atoms. The van der Waals surface area contributed by atoms with Crippen LogP contribution in [-0.4, -0.2) is 33.2 Å². The summed E-state index contributed by atoms with van der Waals surface area (Å²) in [4.78, 5) is 34.1. The number of carboxylic acids is 3. The van der Waals surface area contributed by atoms with Gasteiger partial charge in [0.15, 0.2) is 0 Å². The minimum absolute atomic E-state index is 0.249. The summed E-state index contributed by atoms with van der Waals surface area (Å²) in [6.07, 6.45) is 1.78. The van der Waals surface area contributed by atoms with Crippen LogP contribution in [0.1, 0.15) is 12.0 Å². The van der Waals surface area contributed by atoms with Gasteiger partial charge in [-0.05, 0) is 17.7 Å². The first-order valence-electron chi connectivity index (χ1n) is 6.06. The van der Waals surface area contributed by atoms with E-state index in [9.17, 15) is 19.5 Å². The molecule has 1 aromatic rings. The van der Waals surface area contributed by atoms with Gasteiger partial charge in [-0.3, -0.25) is 4.79 Å². The van der Waals surface area contributed by atoms with E-state index in [0.29, 0.717) is 5.56 Å². The molecule has 1 unspecified atom stereocenters. The first-order valence-corrected chi connectivity index (χ1v) is 6.06.